The zero-order valence-electron chi connectivity index (χ0n) is 17.9. The molecule has 0 radical (unpaired) electrons. The Balaban J connectivity index is 1.69. The van der Waals surface area contributed by atoms with Gasteiger partial charge in [0.05, 0.1) is 12.2 Å². The molecule has 3 aromatic rings. The summed E-state index contributed by atoms with van der Waals surface area (Å²) in [5.74, 6) is -1.19. The van der Waals surface area contributed by atoms with Gasteiger partial charge in [-0.15, -0.1) is 0 Å². The SMILES string of the molecule is NC(=O)CCc1cccc(N2C(=O)c3cccc4c(NCCN=C(N)N)ccc(c34)C2=O)c1. The minimum atomic E-state index is -0.408. The molecular weight excluding hydrogens is 420 g/mol. The number of carbonyl (C=O) groups is 3. The molecule has 0 saturated heterocycles. The third-order valence-corrected chi connectivity index (χ3v) is 5.46. The van der Waals surface area contributed by atoms with E-state index in [1.807, 2.05) is 18.2 Å². The van der Waals surface area contributed by atoms with Crippen molar-refractivity contribution in [3.8, 4) is 0 Å². The number of aliphatic imine (C=N–C) groups is 1. The lowest BCUT2D eigenvalue weighted by molar-refractivity contribution is -0.118. The molecule has 3 amide bonds. The van der Waals surface area contributed by atoms with Gasteiger partial charge in [0.25, 0.3) is 11.8 Å². The normalized spacial score (nSPS) is 12.7. The second-order valence-corrected chi connectivity index (χ2v) is 7.70. The summed E-state index contributed by atoms with van der Waals surface area (Å²) in [5.41, 5.74) is 18.9. The van der Waals surface area contributed by atoms with Gasteiger partial charge in [0.2, 0.25) is 5.91 Å². The van der Waals surface area contributed by atoms with E-state index in [1.165, 1.54) is 4.90 Å². The summed E-state index contributed by atoms with van der Waals surface area (Å²) >= 11 is 0. The summed E-state index contributed by atoms with van der Waals surface area (Å²) in [6.07, 6.45) is 0.618. The highest BCUT2D eigenvalue weighted by Crippen LogP contribution is 2.36. The molecule has 3 aromatic carbocycles. The number of hydrogen-bond donors (Lipinski definition) is 4. The summed E-state index contributed by atoms with van der Waals surface area (Å²) in [7, 11) is 0. The highest BCUT2D eigenvalue weighted by Gasteiger charge is 2.34. The van der Waals surface area contributed by atoms with Gasteiger partial charge < -0.3 is 22.5 Å². The quantitative estimate of drug-likeness (QED) is 0.179. The average Bonchev–Trinajstić information content (AvgIpc) is 2.79. The van der Waals surface area contributed by atoms with Crippen molar-refractivity contribution in [1.82, 2.24) is 0 Å². The fourth-order valence-electron chi connectivity index (χ4n) is 3.98. The molecule has 0 bridgehead atoms. The third kappa shape index (κ3) is 4.33. The Kier molecular flexibility index (Phi) is 5.95. The van der Waals surface area contributed by atoms with E-state index in [0.717, 1.165) is 16.6 Å². The molecule has 0 saturated carbocycles. The molecular formula is C24H24N6O3. The number of rotatable bonds is 8. The van der Waals surface area contributed by atoms with E-state index in [2.05, 4.69) is 10.3 Å². The van der Waals surface area contributed by atoms with Crippen LogP contribution in [0.2, 0.25) is 0 Å². The molecule has 0 spiro atoms. The van der Waals surface area contributed by atoms with Crippen LogP contribution in [0, 0.1) is 0 Å². The Morgan fingerprint density at radius 1 is 0.939 bits per heavy atom. The van der Waals surface area contributed by atoms with Crippen LogP contribution in [0.4, 0.5) is 11.4 Å². The van der Waals surface area contributed by atoms with Crippen molar-refractivity contribution >= 4 is 45.8 Å². The maximum Gasteiger partial charge on any atom is 0.265 e. The molecule has 9 nitrogen and oxygen atoms in total. The number of primary amides is 1. The minimum Gasteiger partial charge on any atom is -0.383 e. The number of carbonyl (C=O) groups excluding carboxylic acids is 3. The first-order valence-electron chi connectivity index (χ1n) is 10.5. The van der Waals surface area contributed by atoms with Crippen LogP contribution in [0.15, 0.2) is 59.6 Å². The van der Waals surface area contributed by atoms with Crippen LogP contribution in [-0.4, -0.2) is 36.8 Å². The van der Waals surface area contributed by atoms with Crippen molar-refractivity contribution in [3.63, 3.8) is 0 Å². The molecule has 1 aliphatic heterocycles. The first-order valence-corrected chi connectivity index (χ1v) is 10.5. The van der Waals surface area contributed by atoms with Gasteiger partial charge in [-0.2, -0.15) is 0 Å². The summed E-state index contributed by atoms with van der Waals surface area (Å²) in [6, 6.07) is 15.9. The van der Waals surface area contributed by atoms with Crippen LogP contribution in [0.25, 0.3) is 10.8 Å². The monoisotopic (exact) mass is 444 g/mol. The van der Waals surface area contributed by atoms with Gasteiger partial charge in [-0.05, 0) is 42.3 Å². The van der Waals surface area contributed by atoms with Gasteiger partial charge in [-0.3, -0.25) is 19.4 Å². The van der Waals surface area contributed by atoms with Crippen LogP contribution < -0.4 is 27.4 Å². The molecule has 0 fully saturated rings. The molecule has 0 aliphatic carbocycles. The van der Waals surface area contributed by atoms with Crippen LogP contribution in [0.1, 0.15) is 32.7 Å². The Labute approximate surface area is 190 Å². The van der Waals surface area contributed by atoms with Crippen molar-refractivity contribution in [2.75, 3.05) is 23.3 Å². The highest BCUT2D eigenvalue weighted by molar-refractivity contribution is 6.36. The predicted molar refractivity (Wildman–Crippen MR) is 128 cm³/mol. The Morgan fingerprint density at radius 2 is 1.67 bits per heavy atom. The first-order chi connectivity index (χ1) is 15.9. The largest absolute Gasteiger partial charge is 0.383 e. The fraction of sp³-hybridized carbons (Fsp3) is 0.167. The lowest BCUT2D eigenvalue weighted by atomic mass is 9.92. The minimum absolute atomic E-state index is 0.0173. The zero-order valence-corrected chi connectivity index (χ0v) is 17.9. The van der Waals surface area contributed by atoms with E-state index in [9.17, 15) is 14.4 Å². The van der Waals surface area contributed by atoms with Crippen LogP contribution in [0.5, 0.6) is 0 Å². The molecule has 4 rings (SSSR count). The first kappa shape index (κ1) is 21.8. The van der Waals surface area contributed by atoms with Gasteiger partial charge in [-0.25, -0.2) is 4.90 Å². The molecule has 9 heteroatoms. The number of hydrogen-bond acceptors (Lipinski definition) is 5. The molecule has 0 atom stereocenters. The molecule has 0 aromatic heterocycles. The Hall–Kier alpha value is -4.40. The van der Waals surface area contributed by atoms with Crippen molar-refractivity contribution in [2.45, 2.75) is 12.8 Å². The number of nitrogens with two attached hydrogens (primary N) is 3. The lowest BCUT2D eigenvalue weighted by Gasteiger charge is -2.28. The lowest BCUT2D eigenvalue weighted by Crippen LogP contribution is -2.40. The highest BCUT2D eigenvalue weighted by atomic mass is 16.2. The molecule has 33 heavy (non-hydrogen) atoms. The Bertz CT molecular complexity index is 1270. The van der Waals surface area contributed by atoms with Crippen LogP contribution in [0.3, 0.4) is 0 Å². The van der Waals surface area contributed by atoms with Crippen molar-refractivity contribution < 1.29 is 14.4 Å². The summed E-state index contributed by atoms with van der Waals surface area (Å²) in [6.45, 7) is 0.881. The number of benzene rings is 3. The summed E-state index contributed by atoms with van der Waals surface area (Å²) in [4.78, 5) is 43.1. The smallest absolute Gasteiger partial charge is 0.265 e. The number of amides is 3. The van der Waals surface area contributed by atoms with Gasteiger partial charge >= 0.3 is 0 Å². The zero-order chi connectivity index (χ0) is 23.5. The molecule has 168 valence electrons. The van der Waals surface area contributed by atoms with E-state index < -0.39 is 17.7 Å². The number of anilines is 2. The van der Waals surface area contributed by atoms with E-state index in [-0.39, 0.29) is 12.4 Å². The average molecular weight is 444 g/mol. The number of nitrogens with zero attached hydrogens (tertiary/aromatic N) is 2. The van der Waals surface area contributed by atoms with E-state index in [4.69, 9.17) is 17.2 Å². The number of imide groups is 1. The third-order valence-electron chi connectivity index (χ3n) is 5.46. The second-order valence-electron chi connectivity index (χ2n) is 7.70. The van der Waals surface area contributed by atoms with Gasteiger partial charge in [0, 0.05) is 40.6 Å². The van der Waals surface area contributed by atoms with Crippen molar-refractivity contribution in [1.29, 1.82) is 0 Å². The molecule has 7 N–H and O–H groups in total. The van der Waals surface area contributed by atoms with Gasteiger partial charge in [0.1, 0.15) is 0 Å². The summed E-state index contributed by atoms with van der Waals surface area (Å²) < 4.78 is 0. The van der Waals surface area contributed by atoms with Crippen molar-refractivity contribution in [3.05, 3.63) is 71.3 Å². The van der Waals surface area contributed by atoms with E-state index >= 15 is 0 Å². The number of guanidine groups is 1. The maximum atomic E-state index is 13.4. The number of aryl methyl sites for hydroxylation is 1. The fourth-order valence-corrected chi connectivity index (χ4v) is 3.98. The Morgan fingerprint density at radius 3 is 2.39 bits per heavy atom. The second kappa shape index (κ2) is 8.99. The van der Waals surface area contributed by atoms with Gasteiger partial charge in [-0.1, -0.05) is 24.3 Å². The molecule has 1 heterocycles. The van der Waals surface area contributed by atoms with Gasteiger partial charge in [0.15, 0.2) is 5.96 Å². The predicted octanol–water partition coefficient (Wildman–Crippen LogP) is 1.74. The van der Waals surface area contributed by atoms with E-state index in [1.54, 1.807) is 36.4 Å². The topological polar surface area (TPSA) is 157 Å². The summed E-state index contributed by atoms with van der Waals surface area (Å²) in [5, 5.41) is 4.64. The van der Waals surface area contributed by atoms with Crippen LogP contribution >= 0.6 is 0 Å². The number of nitrogens with one attached hydrogen (secondary N) is 1. The standard InChI is InChI=1S/C24H24N6O3/c25-20(31)10-7-14-3-1-4-15(13-14)30-22(32)17-6-2-5-16-19(28-11-12-29-24(26)27)9-8-18(21(16)17)23(30)33/h1-6,8-9,13,28H,7,10-12H2,(H2,25,31)(H4,26,27,29). The van der Waals surface area contributed by atoms with E-state index in [0.29, 0.717) is 41.7 Å². The molecule has 1 aliphatic rings. The van der Waals surface area contributed by atoms with Crippen molar-refractivity contribution in [2.24, 2.45) is 22.2 Å². The van der Waals surface area contributed by atoms with Crippen LogP contribution in [-0.2, 0) is 11.2 Å². The molecule has 0 unspecified atom stereocenters. The maximum absolute atomic E-state index is 13.4.